The number of amides is 1. The molecule has 1 amide bonds. The molecule has 2 rings (SSSR count). The molecule has 8 heteroatoms. The molecule has 0 saturated carbocycles. The number of benzene rings is 2. The van der Waals surface area contributed by atoms with E-state index in [1.165, 1.54) is 43.3 Å². The standard InChI is InChI=1S/C15H14N2O5S/c1-10(18)16-12-3-2-4-13(9-12)17-23(21,22)14-7-5-11(6-8-14)15(19)20/h2-9,17H,1H3,(H,16,18)(H,19,20). The molecule has 3 N–H and O–H groups in total. The van der Waals surface area contributed by atoms with Gasteiger partial charge >= 0.3 is 5.97 Å². The summed E-state index contributed by atoms with van der Waals surface area (Å²) in [7, 11) is -3.86. The first-order valence-electron chi connectivity index (χ1n) is 6.52. The second kappa shape index (κ2) is 6.49. The molecule has 0 saturated heterocycles. The number of carbonyl (C=O) groups is 2. The minimum atomic E-state index is -3.86. The van der Waals surface area contributed by atoms with Crippen LogP contribution in [0.2, 0.25) is 0 Å². The molecule has 0 aliphatic rings. The zero-order valence-corrected chi connectivity index (χ0v) is 12.9. The van der Waals surface area contributed by atoms with Gasteiger partial charge in [0.1, 0.15) is 0 Å². The second-order valence-corrected chi connectivity index (χ2v) is 6.38. The third kappa shape index (κ3) is 4.30. The smallest absolute Gasteiger partial charge is 0.335 e. The van der Waals surface area contributed by atoms with E-state index in [9.17, 15) is 18.0 Å². The van der Waals surface area contributed by atoms with Crippen molar-refractivity contribution in [1.29, 1.82) is 0 Å². The predicted molar refractivity (Wildman–Crippen MR) is 85.0 cm³/mol. The second-order valence-electron chi connectivity index (χ2n) is 4.70. The van der Waals surface area contributed by atoms with Crippen LogP contribution in [0.15, 0.2) is 53.4 Å². The first kappa shape index (κ1) is 16.5. The Morgan fingerprint density at radius 3 is 2.17 bits per heavy atom. The number of nitrogens with one attached hydrogen (secondary N) is 2. The molecule has 0 fully saturated rings. The third-order valence-corrected chi connectivity index (χ3v) is 4.24. The van der Waals surface area contributed by atoms with Crippen molar-refractivity contribution < 1.29 is 23.1 Å². The maximum Gasteiger partial charge on any atom is 0.335 e. The van der Waals surface area contributed by atoms with Gasteiger partial charge in [-0.2, -0.15) is 0 Å². The van der Waals surface area contributed by atoms with Crippen LogP contribution in [0, 0.1) is 0 Å². The highest BCUT2D eigenvalue weighted by atomic mass is 32.2. The molecule has 0 spiro atoms. The molecule has 2 aromatic carbocycles. The van der Waals surface area contributed by atoms with Gasteiger partial charge in [-0.1, -0.05) is 6.07 Å². The predicted octanol–water partition coefficient (Wildman–Crippen LogP) is 2.14. The van der Waals surface area contributed by atoms with E-state index in [1.807, 2.05) is 0 Å². The van der Waals surface area contributed by atoms with Crippen molar-refractivity contribution in [2.24, 2.45) is 0 Å². The van der Waals surface area contributed by atoms with E-state index in [1.54, 1.807) is 12.1 Å². The lowest BCUT2D eigenvalue weighted by atomic mass is 10.2. The normalized spacial score (nSPS) is 10.8. The molecule has 23 heavy (non-hydrogen) atoms. The van der Waals surface area contributed by atoms with Crippen molar-refractivity contribution >= 4 is 33.3 Å². The topological polar surface area (TPSA) is 113 Å². The Kier molecular flexibility index (Phi) is 4.65. The number of rotatable bonds is 5. The van der Waals surface area contributed by atoms with E-state index in [-0.39, 0.29) is 22.1 Å². The summed E-state index contributed by atoms with van der Waals surface area (Å²) >= 11 is 0. The van der Waals surface area contributed by atoms with Gasteiger partial charge in [0.05, 0.1) is 16.1 Å². The van der Waals surface area contributed by atoms with Crippen molar-refractivity contribution in [2.45, 2.75) is 11.8 Å². The van der Waals surface area contributed by atoms with Crippen molar-refractivity contribution in [2.75, 3.05) is 10.0 Å². The van der Waals surface area contributed by atoms with Gasteiger partial charge in [-0.15, -0.1) is 0 Å². The Morgan fingerprint density at radius 2 is 1.61 bits per heavy atom. The molecule has 7 nitrogen and oxygen atoms in total. The van der Waals surface area contributed by atoms with Gasteiger partial charge in [-0.05, 0) is 42.5 Å². The third-order valence-electron chi connectivity index (χ3n) is 2.85. The fraction of sp³-hybridized carbons (Fsp3) is 0.0667. The van der Waals surface area contributed by atoms with Crippen LogP contribution in [0.25, 0.3) is 0 Å². The summed E-state index contributed by atoms with van der Waals surface area (Å²) in [5.74, 6) is -1.40. The molecular weight excluding hydrogens is 320 g/mol. The van der Waals surface area contributed by atoms with E-state index in [2.05, 4.69) is 10.0 Å². The van der Waals surface area contributed by atoms with Crippen molar-refractivity contribution in [3.63, 3.8) is 0 Å². The molecule has 0 heterocycles. The van der Waals surface area contributed by atoms with Crippen LogP contribution < -0.4 is 10.0 Å². The van der Waals surface area contributed by atoms with Crippen LogP contribution in [0.1, 0.15) is 17.3 Å². The summed E-state index contributed by atoms with van der Waals surface area (Å²) in [6, 6.07) is 11.1. The highest BCUT2D eigenvalue weighted by Gasteiger charge is 2.15. The Bertz CT molecular complexity index is 844. The van der Waals surface area contributed by atoms with Crippen molar-refractivity contribution in [3.8, 4) is 0 Å². The van der Waals surface area contributed by atoms with Gasteiger partial charge in [0.25, 0.3) is 10.0 Å². The number of hydrogen-bond acceptors (Lipinski definition) is 4. The van der Waals surface area contributed by atoms with E-state index in [4.69, 9.17) is 5.11 Å². The lowest BCUT2D eigenvalue weighted by Crippen LogP contribution is -2.13. The molecule has 0 radical (unpaired) electrons. The van der Waals surface area contributed by atoms with Gasteiger partial charge in [0, 0.05) is 12.6 Å². The minimum Gasteiger partial charge on any atom is -0.478 e. The summed E-state index contributed by atoms with van der Waals surface area (Å²) in [4.78, 5) is 21.7. The van der Waals surface area contributed by atoms with Crippen LogP contribution in [0.3, 0.4) is 0 Å². The fourth-order valence-corrected chi connectivity index (χ4v) is 2.90. The molecule has 2 aromatic rings. The molecule has 0 aliphatic carbocycles. The number of sulfonamides is 1. The molecular formula is C15H14N2O5S. The zero-order chi connectivity index (χ0) is 17.0. The first-order valence-corrected chi connectivity index (χ1v) is 8.00. The van der Waals surface area contributed by atoms with Gasteiger partial charge in [0.2, 0.25) is 5.91 Å². The summed E-state index contributed by atoms with van der Waals surface area (Å²) in [5.41, 5.74) is 0.731. The van der Waals surface area contributed by atoms with Crippen LogP contribution in [-0.2, 0) is 14.8 Å². The van der Waals surface area contributed by atoms with Crippen LogP contribution in [-0.4, -0.2) is 25.4 Å². The Morgan fingerprint density at radius 1 is 1.00 bits per heavy atom. The van der Waals surface area contributed by atoms with Crippen LogP contribution in [0.5, 0.6) is 0 Å². The van der Waals surface area contributed by atoms with E-state index >= 15 is 0 Å². The van der Waals surface area contributed by atoms with Gasteiger partial charge in [-0.3, -0.25) is 9.52 Å². The monoisotopic (exact) mass is 334 g/mol. The van der Waals surface area contributed by atoms with Crippen molar-refractivity contribution in [1.82, 2.24) is 0 Å². The molecule has 0 aromatic heterocycles. The fourth-order valence-electron chi connectivity index (χ4n) is 1.85. The largest absolute Gasteiger partial charge is 0.478 e. The van der Waals surface area contributed by atoms with Crippen LogP contribution in [0.4, 0.5) is 11.4 Å². The summed E-state index contributed by atoms with van der Waals surface area (Å²) in [5, 5.41) is 11.4. The van der Waals surface area contributed by atoms with Gasteiger partial charge in [-0.25, -0.2) is 13.2 Å². The maximum atomic E-state index is 12.3. The lowest BCUT2D eigenvalue weighted by molar-refractivity contribution is -0.114. The Balaban J connectivity index is 2.24. The molecule has 120 valence electrons. The first-order chi connectivity index (χ1) is 10.8. The van der Waals surface area contributed by atoms with E-state index in [0.29, 0.717) is 5.69 Å². The molecule has 0 atom stereocenters. The summed E-state index contributed by atoms with van der Waals surface area (Å²) in [6.45, 7) is 1.35. The average molecular weight is 334 g/mol. The summed E-state index contributed by atoms with van der Waals surface area (Å²) in [6.07, 6.45) is 0. The highest BCUT2D eigenvalue weighted by Crippen LogP contribution is 2.20. The number of anilines is 2. The highest BCUT2D eigenvalue weighted by molar-refractivity contribution is 7.92. The van der Waals surface area contributed by atoms with Gasteiger partial charge in [0.15, 0.2) is 0 Å². The summed E-state index contributed by atoms with van der Waals surface area (Å²) < 4.78 is 26.9. The minimum absolute atomic E-state index is 0.00314. The maximum absolute atomic E-state index is 12.3. The SMILES string of the molecule is CC(=O)Nc1cccc(NS(=O)(=O)c2ccc(C(=O)O)cc2)c1. The number of carboxylic acids is 1. The molecule has 0 unspecified atom stereocenters. The zero-order valence-electron chi connectivity index (χ0n) is 12.1. The number of carboxylic acid groups (broad SMARTS) is 1. The quantitative estimate of drug-likeness (QED) is 0.775. The number of hydrogen-bond donors (Lipinski definition) is 3. The molecule has 0 bridgehead atoms. The van der Waals surface area contributed by atoms with E-state index in [0.717, 1.165) is 0 Å². The average Bonchev–Trinajstić information content (AvgIpc) is 2.46. The Hall–Kier alpha value is -2.87. The Labute approximate surface area is 133 Å². The lowest BCUT2D eigenvalue weighted by Gasteiger charge is -2.10. The van der Waals surface area contributed by atoms with Crippen LogP contribution >= 0.6 is 0 Å². The molecule has 0 aliphatic heterocycles. The van der Waals surface area contributed by atoms with Gasteiger partial charge < -0.3 is 10.4 Å². The number of aromatic carboxylic acids is 1. The van der Waals surface area contributed by atoms with E-state index < -0.39 is 16.0 Å². The number of carbonyl (C=O) groups excluding carboxylic acids is 1. The van der Waals surface area contributed by atoms with Crippen molar-refractivity contribution in [3.05, 3.63) is 54.1 Å².